The van der Waals surface area contributed by atoms with Crippen LogP contribution in [0.2, 0.25) is 0 Å². The van der Waals surface area contributed by atoms with Gasteiger partial charge in [-0.25, -0.2) is 9.59 Å². The number of hydrogen-bond acceptors (Lipinski definition) is 4. The molecular formula is C25H30N2O5. The minimum absolute atomic E-state index is 0.132. The molecule has 1 N–H and O–H groups in total. The third-order valence-electron chi connectivity index (χ3n) is 5.36. The largest absolute Gasteiger partial charge is 0.480 e. The van der Waals surface area contributed by atoms with E-state index in [1.165, 1.54) is 9.80 Å². The summed E-state index contributed by atoms with van der Waals surface area (Å²) in [6, 6.07) is 16.8. The molecule has 3 rings (SSSR count). The topological polar surface area (TPSA) is 87.2 Å². The van der Waals surface area contributed by atoms with Gasteiger partial charge in [-0.05, 0) is 31.9 Å². The van der Waals surface area contributed by atoms with Crippen molar-refractivity contribution < 1.29 is 24.2 Å². The van der Waals surface area contributed by atoms with E-state index in [2.05, 4.69) is 0 Å². The van der Waals surface area contributed by atoms with E-state index in [0.29, 0.717) is 0 Å². The van der Waals surface area contributed by atoms with Gasteiger partial charge in [0, 0.05) is 25.9 Å². The normalized spacial score (nSPS) is 17.7. The molecule has 7 nitrogen and oxygen atoms in total. The number of carbonyl (C=O) groups is 3. The molecule has 0 aliphatic carbocycles. The number of carbonyl (C=O) groups excluding carboxylic acids is 2. The fourth-order valence-electron chi connectivity index (χ4n) is 3.86. The number of piperazine rings is 1. The third kappa shape index (κ3) is 5.87. The molecule has 1 aliphatic heterocycles. The second-order valence-corrected chi connectivity index (χ2v) is 8.95. The van der Waals surface area contributed by atoms with Crippen molar-refractivity contribution in [1.29, 1.82) is 0 Å². The predicted molar refractivity (Wildman–Crippen MR) is 120 cm³/mol. The maximum absolute atomic E-state index is 13.6. The summed E-state index contributed by atoms with van der Waals surface area (Å²) < 4.78 is 5.53. The van der Waals surface area contributed by atoms with Crippen LogP contribution in [-0.4, -0.2) is 63.7 Å². The van der Waals surface area contributed by atoms with Gasteiger partial charge < -0.3 is 14.7 Å². The average molecular weight is 439 g/mol. The van der Waals surface area contributed by atoms with Gasteiger partial charge in [0.05, 0.1) is 0 Å². The standard InChI is InChI=1S/C25H30N2O5/c1-25(2,3)32-24(31)27-15-14-26(21(23(29)30)17-19-12-8-5-9-13-19)22(28)20(27)16-18-10-6-4-7-11-18/h4-13,20-21H,14-17H2,1-3H3,(H,29,30)/t20-,21+/m0/s1. The van der Waals surface area contributed by atoms with E-state index in [4.69, 9.17) is 4.74 Å². The molecule has 2 atom stereocenters. The van der Waals surface area contributed by atoms with Gasteiger partial charge in [-0.3, -0.25) is 9.69 Å². The third-order valence-corrected chi connectivity index (χ3v) is 5.36. The number of ether oxygens (including phenoxy) is 1. The van der Waals surface area contributed by atoms with E-state index in [1.54, 1.807) is 20.8 Å². The van der Waals surface area contributed by atoms with Crippen LogP contribution in [0.15, 0.2) is 60.7 Å². The number of nitrogens with zero attached hydrogens (tertiary/aromatic N) is 2. The second-order valence-electron chi connectivity index (χ2n) is 8.95. The Hall–Kier alpha value is -3.35. The molecule has 1 saturated heterocycles. The highest BCUT2D eigenvalue weighted by atomic mass is 16.6. The highest BCUT2D eigenvalue weighted by Crippen LogP contribution is 2.23. The van der Waals surface area contributed by atoms with Crippen molar-refractivity contribution in [1.82, 2.24) is 9.80 Å². The first-order chi connectivity index (χ1) is 15.2. The first-order valence-electron chi connectivity index (χ1n) is 10.8. The molecule has 2 aromatic rings. The lowest BCUT2D eigenvalue weighted by Gasteiger charge is -2.43. The van der Waals surface area contributed by atoms with Gasteiger partial charge in [-0.15, -0.1) is 0 Å². The highest BCUT2D eigenvalue weighted by molar-refractivity contribution is 5.90. The fourth-order valence-corrected chi connectivity index (χ4v) is 3.86. The maximum Gasteiger partial charge on any atom is 0.411 e. The van der Waals surface area contributed by atoms with Gasteiger partial charge >= 0.3 is 12.1 Å². The van der Waals surface area contributed by atoms with Crippen molar-refractivity contribution in [3.8, 4) is 0 Å². The Balaban J connectivity index is 1.88. The monoisotopic (exact) mass is 438 g/mol. The molecule has 0 aromatic heterocycles. The van der Waals surface area contributed by atoms with Crippen LogP contribution in [-0.2, 0) is 27.2 Å². The van der Waals surface area contributed by atoms with Crippen molar-refractivity contribution in [3.63, 3.8) is 0 Å². The molecule has 1 fully saturated rings. The summed E-state index contributed by atoms with van der Waals surface area (Å²) in [5, 5.41) is 9.91. The Morgan fingerprint density at radius 2 is 1.56 bits per heavy atom. The molecule has 2 aromatic carbocycles. The minimum Gasteiger partial charge on any atom is -0.480 e. The number of rotatable bonds is 6. The molecule has 7 heteroatoms. The van der Waals surface area contributed by atoms with Crippen LogP contribution in [0.4, 0.5) is 4.79 Å². The van der Waals surface area contributed by atoms with Gasteiger partial charge in [-0.2, -0.15) is 0 Å². The summed E-state index contributed by atoms with van der Waals surface area (Å²) in [7, 11) is 0. The quantitative estimate of drug-likeness (QED) is 0.747. The van der Waals surface area contributed by atoms with E-state index in [9.17, 15) is 19.5 Å². The van der Waals surface area contributed by atoms with E-state index in [-0.39, 0.29) is 31.8 Å². The number of hydrogen-bond donors (Lipinski definition) is 1. The number of amides is 2. The summed E-state index contributed by atoms with van der Waals surface area (Å²) >= 11 is 0. The van der Waals surface area contributed by atoms with Crippen LogP contribution in [0.3, 0.4) is 0 Å². The number of aliphatic carboxylic acids is 1. The summed E-state index contributed by atoms with van der Waals surface area (Å²) in [4.78, 5) is 41.4. The Morgan fingerprint density at radius 1 is 1.00 bits per heavy atom. The molecule has 0 unspecified atom stereocenters. The van der Waals surface area contributed by atoms with Crippen LogP contribution in [0.1, 0.15) is 31.9 Å². The molecule has 0 radical (unpaired) electrons. The van der Waals surface area contributed by atoms with Gasteiger partial charge in [0.2, 0.25) is 5.91 Å². The van der Waals surface area contributed by atoms with Crippen molar-refractivity contribution >= 4 is 18.0 Å². The van der Waals surface area contributed by atoms with Crippen molar-refractivity contribution in [3.05, 3.63) is 71.8 Å². The Bertz CT molecular complexity index is 940. The summed E-state index contributed by atoms with van der Waals surface area (Å²) in [6.07, 6.45) is -0.0826. The molecule has 0 saturated carbocycles. The number of carboxylic acid groups (broad SMARTS) is 1. The van der Waals surface area contributed by atoms with E-state index < -0.39 is 29.7 Å². The molecule has 32 heavy (non-hydrogen) atoms. The fraction of sp³-hybridized carbons (Fsp3) is 0.400. The molecule has 170 valence electrons. The first kappa shape index (κ1) is 23.3. The van der Waals surface area contributed by atoms with Crippen LogP contribution in [0.25, 0.3) is 0 Å². The van der Waals surface area contributed by atoms with Crippen molar-refractivity contribution in [2.45, 2.75) is 51.3 Å². The lowest BCUT2D eigenvalue weighted by molar-refractivity contribution is -0.155. The Morgan fingerprint density at radius 3 is 2.09 bits per heavy atom. The van der Waals surface area contributed by atoms with Gasteiger partial charge in [0.25, 0.3) is 0 Å². The predicted octanol–water partition coefficient (Wildman–Crippen LogP) is 3.37. The van der Waals surface area contributed by atoms with E-state index in [0.717, 1.165) is 11.1 Å². The van der Waals surface area contributed by atoms with Gasteiger partial charge in [-0.1, -0.05) is 60.7 Å². The Kier molecular flexibility index (Phi) is 7.18. The van der Waals surface area contributed by atoms with Crippen LogP contribution >= 0.6 is 0 Å². The zero-order valence-electron chi connectivity index (χ0n) is 18.7. The first-order valence-corrected chi connectivity index (χ1v) is 10.8. The van der Waals surface area contributed by atoms with Crippen LogP contribution < -0.4 is 0 Å². The van der Waals surface area contributed by atoms with Crippen molar-refractivity contribution in [2.75, 3.05) is 13.1 Å². The summed E-state index contributed by atoms with van der Waals surface area (Å²) in [6.45, 7) is 5.66. The second kappa shape index (κ2) is 9.85. The number of benzene rings is 2. The highest BCUT2D eigenvalue weighted by Gasteiger charge is 2.43. The summed E-state index contributed by atoms with van der Waals surface area (Å²) in [5.74, 6) is -1.44. The molecule has 0 spiro atoms. The molecule has 2 amide bonds. The maximum atomic E-state index is 13.6. The van der Waals surface area contributed by atoms with Crippen LogP contribution in [0, 0.1) is 0 Å². The lowest BCUT2D eigenvalue weighted by atomic mass is 9.98. The minimum atomic E-state index is -1.06. The van der Waals surface area contributed by atoms with Gasteiger partial charge in [0.1, 0.15) is 17.7 Å². The van der Waals surface area contributed by atoms with Crippen molar-refractivity contribution in [2.24, 2.45) is 0 Å². The van der Waals surface area contributed by atoms with Gasteiger partial charge in [0.15, 0.2) is 0 Å². The zero-order chi connectivity index (χ0) is 23.3. The van der Waals surface area contributed by atoms with Crippen LogP contribution in [0.5, 0.6) is 0 Å². The molecule has 0 bridgehead atoms. The zero-order valence-corrected chi connectivity index (χ0v) is 18.7. The molecule has 1 aliphatic rings. The number of carboxylic acids is 1. The molecule has 1 heterocycles. The SMILES string of the molecule is CC(C)(C)OC(=O)N1CCN([C@H](Cc2ccccc2)C(=O)O)C(=O)[C@@H]1Cc1ccccc1. The molecular weight excluding hydrogens is 408 g/mol. The average Bonchev–Trinajstić information content (AvgIpc) is 2.74. The lowest BCUT2D eigenvalue weighted by Crippen LogP contribution is -2.63. The van der Waals surface area contributed by atoms with E-state index in [1.807, 2.05) is 60.7 Å². The van der Waals surface area contributed by atoms with E-state index >= 15 is 0 Å². The summed E-state index contributed by atoms with van der Waals surface area (Å²) in [5.41, 5.74) is 1.02. The Labute approximate surface area is 188 Å². The smallest absolute Gasteiger partial charge is 0.411 e.